The Bertz CT molecular complexity index is 954. The Hall–Kier alpha value is -3.98. The molecule has 0 fully saturated rings. The Morgan fingerprint density at radius 1 is 0.667 bits per heavy atom. The maximum atomic E-state index is 10.7. The third-order valence-corrected chi connectivity index (χ3v) is 4.23. The smallest absolute Gasteiger partial charge is 0.269 e. The fraction of sp³-hybridized carbons (Fsp3) is 0.143. The van der Waals surface area contributed by atoms with E-state index >= 15 is 0 Å². The van der Waals surface area contributed by atoms with E-state index in [1.807, 2.05) is 0 Å². The molecule has 3 rings (SSSR count). The minimum Gasteiger partial charge on any atom is -0.489 e. The molecule has 0 aliphatic rings. The molecule has 0 unspecified atom stereocenters. The second-order valence-electron chi connectivity index (χ2n) is 6.40. The fourth-order valence-corrected chi connectivity index (χ4v) is 2.65. The summed E-state index contributed by atoms with van der Waals surface area (Å²) >= 11 is 0. The number of nitrogens with zero attached hydrogens (tertiary/aromatic N) is 2. The first kappa shape index (κ1) is 20.7. The van der Waals surface area contributed by atoms with Crippen molar-refractivity contribution in [1.29, 1.82) is 0 Å². The number of ether oxygens (including phenoxy) is 2. The molecule has 0 aliphatic carbocycles. The molecule has 0 radical (unpaired) electrons. The third-order valence-electron chi connectivity index (χ3n) is 4.23. The SMILES string of the molecule is O=[N+]([O-])c1ccc(COc2cc(CO)cc(OCc3ccc([N+](=O)[O-])cc3)c2)cc1. The molecule has 0 heterocycles. The van der Waals surface area contributed by atoms with Crippen LogP contribution in [0.3, 0.4) is 0 Å². The number of nitro groups is 2. The van der Waals surface area contributed by atoms with Gasteiger partial charge in [-0.1, -0.05) is 0 Å². The quantitative estimate of drug-likeness (QED) is 0.415. The van der Waals surface area contributed by atoms with Crippen molar-refractivity contribution in [2.45, 2.75) is 19.8 Å². The average Bonchev–Trinajstić information content (AvgIpc) is 2.76. The molecular weight excluding hydrogens is 392 g/mol. The van der Waals surface area contributed by atoms with Crippen molar-refractivity contribution < 1.29 is 24.4 Å². The summed E-state index contributed by atoms with van der Waals surface area (Å²) in [4.78, 5) is 20.5. The summed E-state index contributed by atoms with van der Waals surface area (Å²) in [6, 6.07) is 17.1. The fourth-order valence-electron chi connectivity index (χ4n) is 2.65. The van der Waals surface area contributed by atoms with Crippen LogP contribution in [0.4, 0.5) is 11.4 Å². The van der Waals surface area contributed by atoms with Crippen molar-refractivity contribution in [3.05, 3.63) is 104 Å². The van der Waals surface area contributed by atoms with Crippen molar-refractivity contribution in [3.63, 3.8) is 0 Å². The van der Waals surface area contributed by atoms with Gasteiger partial charge >= 0.3 is 0 Å². The number of benzene rings is 3. The van der Waals surface area contributed by atoms with Gasteiger partial charge in [0.25, 0.3) is 11.4 Å². The predicted molar refractivity (Wildman–Crippen MR) is 107 cm³/mol. The van der Waals surface area contributed by atoms with E-state index in [-0.39, 0.29) is 31.2 Å². The number of rotatable bonds is 9. The Morgan fingerprint density at radius 2 is 1.07 bits per heavy atom. The van der Waals surface area contributed by atoms with Gasteiger partial charge in [-0.15, -0.1) is 0 Å². The molecule has 30 heavy (non-hydrogen) atoms. The number of aliphatic hydroxyl groups is 1. The largest absolute Gasteiger partial charge is 0.489 e. The molecule has 0 atom stereocenters. The molecule has 0 saturated carbocycles. The molecule has 154 valence electrons. The normalized spacial score (nSPS) is 10.4. The van der Waals surface area contributed by atoms with Crippen LogP contribution in [0, 0.1) is 20.2 Å². The van der Waals surface area contributed by atoms with E-state index in [1.54, 1.807) is 42.5 Å². The summed E-state index contributed by atoms with van der Waals surface area (Å²) in [5.41, 5.74) is 2.10. The highest BCUT2D eigenvalue weighted by Crippen LogP contribution is 2.25. The molecule has 3 aromatic carbocycles. The molecule has 0 aliphatic heterocycles. The lowest BCUT2D eigenvalue weighted by atomic mass is 10.2. The zero-order valence-corrected chi connectivity index (χ0v) is 15.8. The van der Waals surface area contributed by atoms with Gasteiger partial charge in [0.1, 0.15) is 24.7 Å². The van der Waals surface area contributed by atoms with E-state index in [1.165, 1.54) is 24.3 Å². The molecule has 0 spiro atoms. The van der Waals surface area contributed by atoms with Crippen LogP contribution in [0.5, 0.6) is 11.5 Å². The second-order valence-corrected chi connectivity index (χ2v) is 6.40. The molecule has 3 aromatic rings. The van der Waals surface area contributed by atoms with E-state index in [9.17, 15) is 25.3 Å². The van der Waals surface area contributed by atoms with E-state index in [0.29, 0.717) is 17.1 Å². The molecule has 1 N–H and O–H groups in total. The lowest BCUT2D eigenvalue weighted by Gasteiger charge is -2.12. The minimum atomic E-state index is -0.468. The summed E-state index contributed by atoms with van der Waals surface area (Å²) in [7, 11) is 0. The molecule has 0 saturated heterocycles. The van der Waals surface area contributed by atoms with Crippen molar-refractivity contribution in [3.8, 4) is 11.5 Å². The number of nitro benzene ring substituents is 2. The summed E-state index contributed by atoms with van der Waals surface area (Å²) in [6.45, 7) is 0.173. The predicted octanol–water partition coefficient (Wildman–Crippen LogP) is 4.15. The molecule has 0 aromatic heterocycles. The first-order valence-electron chi connectivity index (χ1n) is 8.91. The lowest BCUT2D eigenvalue weighted by Crippen LogP contribution is -2.00. The monoisotopic (exact) mass is 410 g/mol. The Balaban J connectivity index is 1.65. The van der Waals surface area contributed by atoms with Crippen molar-refractivity contribution in [2.75, 3.05) is 0 Å². The highest BCUT2D eigenvalue weighted by atomic mass is 16.6. The molecule has 9 nitrogen and oxygen atoms in total. The average molecular weight is 410 g/mol. The van der Waals surface area contributed by atoms with Crippen molar-refractivity contribution in [2.24, 2.45) is 0 Å². The van der Waals surface area contributed by atoms with Crippen molar-refractivity contribution >= 4 is 11.4 Å². The maximum absolute atomic E-state index is 10.7. The summed E-state index contributed by atoms with van der Waals surface area (Å²) in [5.74, 6) is 0.942. The van der Waals surface area contributed by atoms with Gasteiger partial charge in [-0.05, 0) is 53.1 Å². The van der Waals surface area contributed by atoms with Gasteiger partial charge in [0.15, 0.2) is 0 Å². The zero-order valence-electron chi connectivity index (χ0n) is 15.8. The number of hydrogen-bond acceptors (Lipinski definition) is 7. The molecule has 0 bridgehead atoms. The van der Waals surface area contributed by atoms with Gasteiger partial charge in [0, 0.05) is 30.3 Å². The van der Waals surface area contributed by atoms with Gasteiger partial charge in [0.2, 0.25) is 0 Å². The zero-order chi connectivity index (χ0) is 21.5. The topological polar surface area (TPSA) is 125 Å². The van der Waals surface area contributed by atoms with Gasteiger partial charge in [0.05, 0.1) is 16.5 Å². The van der Waals surface area contributed by atoms with Crippen molar-refractivity contribution in [1.82, 2.24) is 0 Å². The van der Waals surface area contributed by atoms with Crippen LogP contribution in [0.15, 0.2) is 66.7 Å². The van der Waals surface area contributed by atoms with Crippen LogP contribution in [0.1, 0.15) is 16.7 Å². The van der Waals surface area contributed by atoms with Gasteiger partial charge in [-0.25, -0.2) is 0 Å². The van der Waals surface area contributed by atoms with Crippen LogP contribution in [0.25, 0.3) is 0 Å². The number of non-ortho nitro benzene ring substituents is 2. The summed E-state index contributed by atoms with van der Waals surface area (Å²) in [6.07, 6.45) is 0. The van der Waals surface area contributed by atoms with Crippen LogP contribution in [0.2, 0.25) is 0 Å². The van der Waals surface area contributed by atoms with E-state index in [2.05, 4.69) is 0 Å². The Kier molecular flexibility index (Phi) is 6.56. The van der Waals surface area contributed by atoms with E-state index in [0.717, 1.165) is 11.1 Å². The van der Waals surface area contributed by atoms with Crippen LogP contribution in [-0.4, -0.2) is 15.0 Å². The third kappa shape index (κ3) is 5.52. The Labute approximate surface area is 171 Å². The number of hydrogen-bond donors (Lipinski definition) is 1. The van der Waals surface area contributed by atoms with E-state index in [4.69, 9.17) is 9.47 Å². The summed E-state index contributed by atoms with van der Waals surface area (Å²) in [5, 5.41) is 30.9. The molecular formula is C21H18N2O7. The second kappa shape index (κ2) is 9.48. The molecule has 0 amide bonds. The van der Waals surface area contributed by atoms with Gasteiger partial charge in [-0.2, -0.15) is 0 Å². The first-order valence-corrected chi connectivity index (χ1v) is 8.91. The van der Waals surface area contributed by atoms with Gasteiger partial charge in [-0.3, -0.25) is 20.2 Å². The Morgan fingerprint density at radius 3 is 1.40 bits per heavy atom. The standard InChI is InChI=1S/C21H18N2O7/c24-12-17-9-20(29-13-15-1-5-18(6-2-15)22(25)26)11-21(10-17)30-14-16-3-7-19(8-4-16)23(27)28/h1-11,24H,12-14H2. The summed E-state index contributed by atoms with van der Waals surface area (Å²) < 4.78 is 11.5. The maximum Gasteiger partial charge on any atom is 0.269 e. The lowest BCUT2D eigenvalue weighted by molar-refractivity contribution is -0.385. The minimum absolute atomic E-state index is 0.00274. The highest BCUT2D eigenvalue weighted by Gasteiger charge is 2.08. The highest BCUT2D eigenvalue weighted by molar-refractivity contribution is 5.39. The van der Waals surface area contributed by atoms with Crippen LogP contribution < -0.4 is 9.47 Å². The van der Waals surface area contributed by atoms with Crippen LogP contribution >= 0.6 is 0 Å². The van der Waals surface area contributed by atoms with Gasteiger partial charge < -0.3 is 14.6 Å². The molecule has 9 heteroatoms. The van der Waals surface area contributed by atoms with Crippen LogP contribution in [-0.2, 0) is 19.8 Å². The first-order chi connectivity index (χ1) is 14.4. The van der Waals surface area contributed by atoms with E-state index < -0.39 is 9.85 Å². The number of aliphatic hydroxyl groups excluding tert-OH is 1.